The normalized spacial score (nSPS) is 12.0. The van der Waals surface area contributed by atoms with Crippen molar-refractivity contribution in [3.63, 3.8) is 0 Å². The molecule has 0 aliphatic rings. The fourth-order valence-corrected chi connectivity index (χ4v) is 4.20. The minimum atomic E-state index is -1.06. The summed E-state index contributed by atoms with van der Waals surface area (Å²) in [6.07, 6.45) is 0.432. The lowest BCUT2D eigenvalue weighted by Crippen LogP contribution is -2.45. The van der Waals surface area contributed by atoms with E-state index < -0.39 is 29.8 Å². The van der Waals surface area contributed by atoms with Crippen molar-refractivity contribution in [1.82, 2.24) is 9.88 Å². The van der Waals surface area contributed by atoms with Gasteiger partial charge in [0.25, 0.3) is 0 Å². The number of ether oxygens (including phenoxy) is 3. The molecule has 208 valence electrons. The Hall–Kier alpha value is -4.59. The molecule has 4 aromatic rings. The largest absolute Gasteiger partial charge is 0.459 e. The van der Waals surface area contributed by atoms with Gasteiger partial charge in [-0.15, -0.1) is 0 Å². The molecule has 1 heterocycles. The average Bonchev–Trinajstić information content (AvgIpc) is 3.27. The number of hydrogen-bond acceptors (Lipinski definition) is 6. The Morgan fingerprint density at radius 2 is 1.45 bits per heavy atom. The van der Waals surface area contributed by atoms with Crippen molar-refractivity contribution in [3.8, 4) is 0 Å². The number of esters is 1. The monoisotopic (exact) mass is 542 g/mol. The fourth-order valence-electron chi connectivity index (χ4n) is 4.20. The van der Waals surface area contributed by atoms with Crippen LogP contribution >= 0.6 is 0 Å². The molecule has 0 saturated heterocycles. The third-order valence-electron chi connectivity index (χ3n) is 6.07. The first-order chi connectivity index (χ1) is 19.1. The minimum Gasteiger partial charge on any atom is -0.459 e. The molecule has 0 spiro atoms. The number of aryl methyl sites for hydroxylation is 1. The molecule has 8 nitrogen and oxygen atoms in total. The topological polar surface area (TPSA) is 95.9 Å². The van der Waals surface area contributed by atoms with Crippen molar-refractivity contribution in [1.29, 1.82) is 0 Å². The van der Waals surface area contributed by atoms with Crippen LogP contribution in [0.4, 0.5) is 9.59 Å². The van der Waals surface area contributed by atoms with Crippen LogP contribution in [0, 0.1) is 6.92 Å². The molecule has 1 aromatic heterocycles. The molecule has 1 atom stereocenters. The zero-order chi connectivity index (χ0) is 28.7. The number of amides is 1. The van der Waals surface area contributed by atoms with Gasteiger partial charge in [-0.05, 0) is 56.0 Å². The van der Waals surface area contributed by atoms with Gasteiger partial charge in [0.2, 0.25) is 0 Å². The highest BCUT2D eigenvalue weighted by Crippen LogP contribution is 2.25. The van der Waals surface area contributed by atoms with Crippen LogP contribution in [-0.4, -0.2) is 34.4 Å². The van der Waals surface area contributed by atoms with Crippen molar-refractivity contribution in [2.45, 2.75) is 59.0 Å². The summed E-state index contributed by atoms with van der Waals surface area (Å²) in [6, 6.07) is 23.3. The number of nitrogens with zero attached hydrogens (tertiary/aromatic N) is 1. The summed E-state index contributed by atoms with van der Waals surface area (Å²) in [6.45, 7) is 7.33. The van der Waals surface area contributed by atoms with Crippen molar-refractivity contribution in [3.05, 3.63) is 107 Å². The fraction of sp³-hybridized carbons (Fsp3) is 0.281. The maximum atomic E-state index is 13.2. The summed E-state index contributed by atoms with van der Waals surface area (Å²) >= 11 is 0. The van der Waals surface area contributed by atoms with Gasteiger partial charge in [-0.2, -0.15) is 0 Å². The van der Waals surface area contributed by atoms with Gasteiger partial charge in [0, 0.05) is 18.0 Å². The third-order valence-corrected chi connectivity index (χ3v) is 6.07. The molecule has 1 N–H and O–H groups in total. The van der Waals surface area contributed by atoms with Gasteiger partial charge in [-0.3, -0.25) is 4.57 Å². The number of carbonyl (C=O) groups is 3. The first-order valence-corrected chi connectivity index (χ1v) is 13.1. The van der Waals surface area contributed by atoms with Crippen LogP contribution < -0.4 is 5.32 Å². The van der Waals surface area contributed by atoms with Crippen molar-refractivity contribution in [2.75, 3.05) is 0 Å². The highest BCUT2D eigenvalue weighted by atomic mass is 16.6. The maximum Gasteiger partial charge on any atom is 0.418 e. The van der Waals surface area contributed by atoms with Crippen molar-refractivity contribution in [2.24, 2.45) is 0 Å². The van der Waals surface area contributed by atoms with Crippen LogP contribution in [0.25, 0.3) is 10.9 Å². The molecule has 3 aromatic carbocycles. The highest BCUT2D eigenvalue weighted by molar-refractivity contribution is 5.93. The van der Waals surface area contributed by atoms with Crippen LogP contribution in [0.5, 0.6) is 0 Å². The van der Waals surface area contributed by atoms with Crippen LogP contribution in [0.2, 0.25) is 0 Å². The molecule has 1 amide bonds. The van der Waals surface area contributed by atoms with Gasteiger partial charge in [0.1, 0.15) is 24.9 Å². The van der Waals surface area contributed by atoms with Gasteiger partial charge >= 0.3 is 18.2 Å². The summed E-state index contributed by atoms with van der Waals surface area (Å²) in [5.74, 6) is -0.616. The van der Waals surface area contributed by atoms with Gasteiger partial charge in [-0.1, -0.05) is 72.8 Å². The molecule has 8 heteroatoms. The molecular weight excluding hydrogens is 508 g/mol. The molecule has 0 aliphatic carbocycles. The lowest BCUT2D eigenvalue weighted by molar-refractivity contribution is -0.147. The summed E-state index contributed by atoms with van der Waals surface area (Å²) in [4.78, 5) is 39.0. The lowest BCUT2D eigenvalue weighted by Gasteiger charge is -2.23. The zero-order valence-electron chi connectivity index (χ0n) is 23.2. The molecule has 0 radical (unpaired) electrons. The predicted molar refractivity (Wildman–Crippen MR) is 152 cm³/mol. The SMILES string of the molecule is Cc1ccc2c(C[C@H](NC(=O)OC(C)(C)C)C(=O)OCc3ccccc3)cn(C(=O)OCc3ccccc3)c2c1. The van der Waals surface area contributed by atoms with Crippen molar-refractivity contribution >= 4 is 29.1 Å². The molecular formula is C32H34N2O6. The Bertz CT molecular complexity index is 1470. The second kappa shape index (κ2) is 12.5. The summed E-state index contributed by atoms with van der Waals surface area (Å²) < 4.78 is 18.0. The second-order valence-electron chi connectivity index (χ2n) is 10.6. The maximum absolute atomic E-state index is 13.2. The highest BCUT2D eigenvalue weighted by Gasteiger charge is 2.28. The lowest BCUT2D eigenvalue weighted by atomic mass is 10.0. The Morgan fingerprint density at radius 1 is 0.850 bits per heavy atom. The molecule has 0 aliphatic heterocycles. The van der Waals surface area contributed by atoms with Gasteiger partial charge < -0.3 is 19.5 Å². The smallest absolute Gasteiger partial charge is 0.418 e. The molecule has 0 unspecified atom stereocenters. The third kappa shape index (κ3) is 7.72. The molecule has 0 saturated carbocycles. The Labute approximate surface area is 233 Å². The van der Waals surface area contributed by atoms with Gasteiger partial charge in [-0.25, -0.2) is 14.4 Å². The zero-order valence-corrected chi connectivity index (χ0v) is 23.2. The van der Waals surface area contributed by atoms with E-state index >= 15 is 0 Å². The standard InChI is InChI=1S/C32H34N2O6/c1-22-15-16-26-25(19-34(28(26)17-22)31(37)39-21-24-13-9-6-10-14-24)18-27(33-30(36)40-32(2,3)4)29(35)38-20-23-11-7-5-8-12-23/h5-17,19,27H,18,20-21H2,1-4H3,(H,33,36)/t27-/m0/s1. The number of nitrogens with one attached hydrogen (secondary N) is 1. The quantitative estimate of drug-likeness (QED) is 0.207. The van der Waals surface area contributed by atoms with Crippen LogP contribution in [0.1, 0.15) is 43.0 Å². The molecule has 0 bridgehead atoms. The molecule has 4 rings (SSSR count). The Kier molecular flexibility index (Phi) is 8.89. The number of hydrogen-bond donors (Lipinski definition) is 1. The van der Waals surface area contributed by atoms with E-state index in [2.05, 4.69) is 5.32 Å². The number of fused-ring (bicyclic) bond motifs is 1. The van der Waals surface area contributed by atoms with Crippen LogP contribution in [0.3, 0.4) is 0 Å². The summed E-state index contributed by atoms with van der Waals surface area (Å²) in [5.41, 5.74) is 3.20. The number of benzene rings is 3. The van der Waals surface area contributed by atoms with Crippen LogP contribution in [0.15, 0.2) is 85.1 Å². The van der Waals surface area contributed by atoms with E-state index in [-0.39, 0.29) is 19.6 Å². The minimum absolute atomic E-state index is 0.0545. The van der Waals surface area contributed by atoms with Crippen LogP contribution in [-0.2, 0) is 38.6 Å². The van der Waals surface area contributed by atoms with Gasteiger partial charge in [0.15, 0.2) is 0 Å². The predicted octanol–water partition coefficient (Wildman–Crippen LogP) is 6.31. The average molecular weight is 543 g/mol. The van der Waals surface area contributed by atoms with E-state index in [0.717, 1.165) is 22.1 Å². The summed E-state index contributed by atoms with van der Waals surface area (Å²) in [7, 11) is 0. The Balaban J connectivity index is 1.59. The number of rotatable bonds is 8. The Morgan fingerprint density at radius 3 is 2.05 bits per heavy atom. The van der Waals surface area contributed by atoms with E-state index in [1.165, 1.54) is 4.57 Å². The van der Waals surface area contributed by atoms with E-state index in [9.17, 15) is 14.4 Å². The van der Waals surface area contributed by atoms with E-state index in [0.29, 0.717) is 11.1 Å². The molecule has 40 heavy (non-hydrogen) atoms. The number of alkyl carbamates (subject to hydrolysis) is 1. The van der Waals surface area contributed by atoms with E-state index in [1.54, 1.807) is 27.0 Å². The number of aromatic nitrogens is 1. The summed E-state index contributed by atoms with van der Waals surface area (Å²) in [5, 5.41) is 3.42. The first kappa shape index (κ1) is 28.4. The molecule has 0 fully saturated rings. The van der Waals surface area contributed by atoms with E-state index in [4.69, 9.17) is 14.2 Å². The number of carbonyl (C=O) groups excluding carboxylic acids is 3. The second-order valence-corrected chi connectivity index (χ2v) is 10.6. The van der Waals surface area contributed by atoms with Crippen molar-refractivity contribution < 1.29 is 28.6 Å². The van der Waals surface area contributed by atoms with Gasteiger partial charge in [0.05, 0.1) is 5.52 Å². The van der Waals surface area contributed by atoms with E-state index in [1.807, 2.05) is 85.8 Å². The first-order valence-electron chi connectivity index (χ1n) is 13.1.